The Morgan fingerprint density at radius 2 is 0.700 bits per heavy atom. The first-order valence-electron chi connectivity index (χ1n) is 10.0. The van der Waals surface area contributed by atoms with Crippen molar-refractivity contribution in [3.63, 3.8) is 0 Å². The summed E-state index contributed by atoms with van der Waals surface area (Å²) in [5, 5.41) is 0. The van der Waals surface area contributed by atoms with E-state index in [0.29, 0.717) is 34.8 Å². The fourth-order valence-corrected chi connectivity index (χ4v) is 4.74. The summed E-state index contributed by atoms with van der Waals surface area (Å²) < 4.78 is 33.5. The average Bonchev–Trinajstić information content (AvgIpc) is 2.79. The van der Waals surface area contributed by atoms with Gasteiger partial charge in [-0.25, -0.2) is 0 Å². The van der Waals surface area contributed by atoms with Crippen LogP contribution in [-0.4, -0.2) is 42.7 Å². The van der Waals surface area contributed by atoms with Crippen LogP contribution in [-0.2, 0) is 0 Å². The van der Waals surface area contributed by atoms with Crippen LogP contribution in [0.15, 0.2) is 24.3 Å². The molecule has 30 heavy (non-hydrogen) atoms. The Bertz CT molecular complexity index is 820. The molecule has 0 heterocycles. The number of hydrogen-bond donors (Lipinski definition) is 0. The smallest absolute Gasteiger partial charge is 0.164 e. The van der Waals surface area contributed by atoms with Gasteiger partial charge in [0.1, 0.15) is 11.5 Å². The molecule has 0 amide bonds. The van der Waals surface area contributed by atoms with Gasteiger partial charge in [0, 0.05) is 23.3 Å². The highest BCUT2D eigenvalue weighted by Gasteiger charge is 2.49. The first kappa shape index (κ1) is 21.9. The van der Waals surface area contributed by atoms with Crippen molar-refractivity contribution in [2.45, 2.75) is 25.7 Å². The molecule has 0 bridgehead atoms. The summed E-state index contributed by atoms with van der Waals surface area (Å²) in [7, 11) is 9.92. The minimum atomic E-state index is 0.224. The molecule has 0 saturated heterocycles. The van der Waals surface area contributed by atoms with Gasteiger partial charge in [-0.15, -0.1) is 0 Å². The lowest BCUT2D eigenvalue weighted by molar-refractivity contribution is 0.117. The zero-order valence-corrected chi connectivity index (χ0v) is 19.1. The molecule has 6 nitrogen and oxygen atoms in total. The lowest BCUT2D eigenvalue weighted by Crippen LogP contribution is -2.40. The molecule has 3 rings (SSSR count). The van der Waals surface area contributed by atoms with E-state index in [4.69, 9.17) is 28.4 Å². The van der Waals surface area contributed by atoms with Crippen LogP contribution >= 0.6 is 0 Å². The molecule has 0 unspecified atom stereocenters. The second kappa shape index (κ2) is 8.94. The minimum absolute atomic E-state index is 0.224. The van der Waals surface area contributed by atoms with Crippen molar-refractivity contribution < 1.29 is 28.4 Å². The third-order valence-corrected chi connectivity index (χ3v) is 6.54. The minimum Gasteiger partial charge on any atom is -0.496 e. The molecular weight excluding hydrogens is 384 g/mol. The van der Waals surface area contributed by atoms with Crippen molar-refractivity contribution in [3.05, 3.63) is 35.4 Å². The van der Waals surface area contributed by atoms with Crippen LogP contribution < -0.4 is 28.4 Å². The van der Waals surface area contributed by atoms with Crippen molar-refractivity contribution in [2.24, 2.45) is 11.8 Å². The summed E-state index contributed by atoms with van der Waals surface area (Å²) in [6, 6.07) is 7.86. The Hall–Kier alpha value is -2.76. The average molecular weight is 417 g/mol. The SMILES string of the molecule is COc1cc(OC)c([C@@H]2[C@H](C)[C@H](C)[C@H]2c2cc(OC)c(OC)cc2OC)cc1OC. The van der Waals surface area contributed by atoms with Gasteiger partial charge in [0.05, 0.1) is 42.7 Å². The third-order valence-electron chi connectivity index (χ3n) is 6.54. The predicted octanol–water partition coefficient (Wildman–Crippen LogP) is 4.89. The largest absolute Gasteiger partial charge is 0.496 e. The van der Waals surface area contributed by atoms with E-state index in [1.165, 1.54) is 0 Å². The lowest BCUT2D eigenvalue weighted by Gasteiger charge is -2.50. The molecule has 0 aliphatic heterocycles. The summed E-state index contributed by atoms with van der Waals surface area (Å²) in [4.78, 5) is 0. The fraction of sp³-hybridized carbons (Fsp3) is 0.500. The van der Waals surface area contributed by atoms with E-state index in [1.54, 1.807) is 42.7 Å². The molecule has 4 atom stereocenters. The van der Waals surface area contributed by atoms with Crippen molar-refractivity contribution in [3.8, 4) is 34.5 Å². The monoisotopic (exact) mass is 416 g/mol. The number of hydrogen-bond acceptors (Lipinski definition) is 6. The van der Waals surface area contributed by atoms with Gasteiger partial charge in [0.2, 0.25) is 0 Å². The van der Waals surface area contributed by atoms with Gasteiger partial charge in [-0.05, 0) is 35.8 Å². The second-order valence-electron chi connectivity index (χ2n) is 7.67. The molecule has 1 saturated carbocycles. The van der Waals surface area contributed by atoms with E-state index in [9.17, 15) is 0 Å². The van der Waals surface area contributed by atoms with Crippen LogP contribution in [0.2, 0.25) is 0 Å². The predicted molar refractivity (Wildman–Crippen MR) is 116 cm³/mol. The molecule has 164 valence electrons. The van der Waals surface area contributed by atoms with Crippen molar-refractivity contribution in [1.29, 1.82) is 0 Å². The molecule has 0 spiro atoms. The maximum atomic E-state index is 5.74. The van der Waals surface area contributed by atoms with Crippen LogP contribution in [0, 0.1) is 11.8 Å². The highest BCUT2D eigenvalue weighted by Crippen LogP contribution is 2.61. The number of rotatable bonds is 8. The first-order chi connectivity index (χ1) is 14.4. The summed E-state index contributed by atoms with van der Waals surface area (Å²) in [6.45, 7) is 4.55. The van der Waals surface area contributed by atoms with Crippen molar-refractivity contribution in [2.75, 3.05) is 42.7 Å². The van der Waals surface area contributed by atoms with E-state index in [0.717, 1.165) is 22.6 Å². The second-order valence-corrected chi connectivity index (χ2v) is 7.67. The van der Waals surface area contributed by atoms with Crippen LogP contribution in [0.25, 0.3) is 0 Å². The van der Waals surface area contributed by atoms with Gasteiger partial charge in [0.25, 0.3) is 0 Å². The standard InChI is InChI=1S/C24H32O6/c1-13-14(2)24(16-10-20(28-6)22(30-8)12-18(16)26-4)23(13)15-9-19(27-5)21(29-7)11-17(15)25-3/h9-14,23-24H,1-8H3/t13-,14+,23-,24-/m0/s1. The van der Waals surface area contributed by atoms with Gasteiger partial charge in [0.15, 0.2) is 23.0 Å². The number of methoxy groups -OCH3 is 6. The summed E-state index contributed by atoms with van der Waals surface area (Å²) in [5.74, 6) is 5.61. The summed E-state index contributed by atoms with van der Waals surface area (Å²) in [5.41, 5.74) is 2.20. The van der Waals surface area contributed by atoms with Gasteiger partial charge in [-0.2, -0.15) is 0 Å². The molecule has 0 N–H and O–H groups in total. The van der Waals surface area contributed by atoms with E-state index in [2.05, 4.69) is 13.8 Å². The molecule has 6 heteroatoms. The topological polar surface area (TPSA) is 55.4 Å². The molecule has 0 aromatic heterocycles. The molecule has 1 fully saturated rings. The Kier molecular flexibility index (Phi) is 6.54. The Morgan fingerprint density at radius 3 is 0.967 bits per heavy atom. The Balaban J connectivity index is 2.14. The zero-order valence-electron chi connectivity index (χ0n) is 19.1. The van der Waals surface area contributed by atoms with Gasteiger partial charge in [-0.1, -0.05) is 13.8 Å². The highest BCUT2D eigenvalue weighted by atomic mass is 16.5. The van der Waals surface area contributed by atoms with Gasteiger partial charge < -0.3 is 28.4 Å². The van der Waals surface area contributed by atoms with Crippen molar-refractivity contribution in [1.82, 2.24) is 0 Å². The van der Waals surface area contributed by atoms with E-state index in [-0.39, 0.29) is 11.8 Å². The molecule has 0 radical (unpaired) electrons. The quantitative estimate of drug-likeness (QED) is 0.611. The Labute approximate surface area is 179 Å². The van der Waals surface area contributed by atoms with Crippen LogP contribution in [0.5, 0.6) is 34.5 Å². The zero-order chi connectivity index (χ0) is 22.0. The Morgan fingerprint density at radius 1 is 0.433 bits per heavy atom. The molecular formula is C24H32O6. The number of ether oxygens (including phenoxy) is 6. The molecule has 2 aromatic carbocycles. The van der Waals surface area contributed by atoms with E-state index < -0.39 is 0 Å². The van der Waals surface area contributed by atoms with Crippen molar-refractivity contribution >= 4 is 0 Å². The summed E-state index contributed by atoms with van der Waals surface area (Å²) in [6.07, 6.45) is 0. The van der Waals surface area contributed by atoms with E-state index >= 15 is 0 Å². The number of benzene rings is 2. The lowest BCUT2D eigenvalue weighted by atomic mass is 9.53. The van der Waals surface area contributed by atoms with Crippen LogP contribution in [0.4, 0.5) is 0 Å². The van der Waals surface area contributed by atoms with E-state index in [1.807, 2.05) is 24.3 Å². The van der Waals surface area contributed by atoms with Gasteiger partial charge in [-0.3, -0.25) is 0 Å². The highest BCUT2D eigenvalue weighted by molar-refractivity contribution is 5.57. The molecule has 2 aromatic rings. The maximum absolute atomic E-state index is 5.74. The normalized spacial score (nSPS) is 22.7. The first-order valence-corrected chi connectivity index (χ1v) is 10.0. The third kappa shape index (κ3) is 3.48. The fourth-order valence-electron chi connectivity index (χ4n) is 4.74. The molecule has 1 aliphatic carbocycles. The van der Waals surface area contributed by atoms with Gasteiger partial charge >= 0.3 is 0 Å². The van der Waals surface area contributed by atoms with Crippen LogP contribution in [0.3, 0.4) is 0 Å². The van der Waals surface area contributed by atoms with Crippen LogP contribution in [0.1, 0.15) is 36.8 Å². The molecule has 1 aliphatic rings. The summed E-state index contributed by atoms with van der Waals surface area (Å²) >= 11 is 0. The maximum Gasteiger partial charge on any atom is 0.164 e.